The van der Waals surface area contributed by atoms with Gasteiger partial charge >= 0.3 is 0 Å². The molecule has 0 spiro atoms. The van der Waals surface area contributed by atoms with E-state index in [2.05, 4.69) is 18.2 Å². The first-order valence-electron chi connectivity index (χ1n) is 3.25. The fraction of sp³-hybridized carbons (Fsp3) is 0.833. The number of guanidine groups is 1. The van der Waals surface area contributed by atoms with Crippen LogP contribution in [0.25, 0.3) is 0 Å². The van der Waals surface area contributed by atoms with Crippen LogP contribution in [0.1, 0.15) is 13.3 Å². The molecule has 0 rings (SSSR count). The fourth-order valence-corrected chi connectivity index (χ4v) is 0.834. The molecule has 0 radical (unpaired) electrons. The molecule has 0 aromatic rings. The first-order valence-corrected chi connectivity index (χ1v) is 4.53. The Bertz CT molecular complexity index is 110. The van der Waals surface area contributed by atoms with E-state index < -0.39 is 0 Å². The van der Waals surface area contributed by atoms with Gasteiger partial charge in [-0.3, -0.25) is 4.99 Å². The zero-order valence-electron chi connectivity index (χ0n) is 6.50. The van der Waals surface area contributed by atoms with Gasteiger partial charge in [-0.15, -0.1) is 0 Å². The van der Waals surface area contributed by atoms with Crippen molar-refractivity contribution < 1.29 is 0 Å². The summed E-state index contributed by atoms with van der Waals surface area (Å²) in [4.78, 5) is 3.87. The molecule has 3 nitrogen and oxygen atoms in total. The fourth-order valence-electron chi connectivity index (χ4n) is 0.493. The molecule has 0 aromatic carbocycles. The highest BCUT2D eigenvalue weighted by Crippen LogP contribution is 2.08. The van der Waals surface area contributed by atoms with Gasteiger partial charge in [-0.05, 0) is 12.7 Å². The third-order valence-electron chi connectivity index (χ3n) is 1.23. The van der Waals surface area contributed by atoms with E-state index in [1.165, 1.54) is 0 Å². The molecule has 0 aliphatic heterocycles. The van der Waals surface area contributed by atoms with E-state index in [9.17, 15) is 0 Å². The molecular formula is C6H15N3S. The van der Waals surface area contributed by atoms with Gasteiger partial charge in [0.2, 0.25) is 0 Å². The molecule has 0 aliphatic carbocycles. The molecule has 0 heterocycles. The molecule has 0 saturated carbocycles. The molecule has 0 bridgehead atoms. The van der Waals surface area contributed by atoms with Crippen LogP contribution in [0.15, 0.2) is 4.99 Å². The summed E-state index contributed by atoms with van der Waals surface area (Å²) in [6.07, 6.45) is 3.12. The summed E-state index contributed by atoms with van der Waals surface area (Å²) in [7, 11) is 0. The van der Waals surface area contributed by atoms with Gasteiger partial charge in [0.25, 0.3) is 0 Å². The van der Waals surface area contributed by atoms with Crippen LogP contribution in [-0.2, 0) is 0 Å². The topological polar surface area (TPSA) is 64.4 Å². The molecule has 0 aromatic heterocycles. The van der Waals surface area contributed by atoms with Crippen LogP contribution in [0, 0.1) is 0 Å². The quantitative estimate of drug-likeness (QED) is 0.463. The summed E-state index contributed by atoms with van der Waals surface area (Å²) in [5.41, 5.74) is 10.3. The average molecular weight is 161 g/mol. The van der Waals surface area contributed by atoms with E-state index in [0.717, 1.165) is 13.0 Å². The Kier molecular flexibility index (Phi) is 5.20. The normalized spacial score (nSPS) is 12.6. The lowest BCUT2D eigenvalue weighted by atomic mass is 10.3. The monoisotopic (exact) mass is 161 g/mol. The molecule has 0 aliphatic rings. The summed E-state index contributed by atoms with van der Waals surface area (Å²) >= 11 is 1.83. The third-order valence-corrected chi connectivity index (χ3v) is 2.27. The molecule has 4 heteroatoms. The standard InChI is InChI=1S/C6H15N3S/c1-5(10-2)3-4-9-6(7)8/h5H,3-4H2,1-2H3,(H4,7,8,9). The average Bonchev–Trinajstić information content (AvgIpc) is 1.87. The second kappa shape index (κ2) is 5.41. The van der Waals surface area contributed by atoms with Crippen LogP contribution in [-0.4, -0.2) is 24.0 Å². The first kappa shape index (κ1) is 9.62. The number of aliphatic imine (C=N–C) groups is 1. The highest BCUT2D eigenvalue weighted by Gasteiger charge is 1.96. The predicted molar refractivity (Wildman–Crippen MR) is 48.3 cm³/mol. The van der Waals surface area contributed by atoms with Gasteiger partial charge in [-0.1, -0.05) is 6.92 Å². The number of rotatable bonds is 4. The van der Waals surface area contributed by atoms with Crippen molar-refractivity contribution in [2.24, 2.45) is 16.5 Å². The van der Waals surface area contributed by atoms with E-state index >= 15 is 0 Å². The molecule has 1 unspecified atom stereocenters. The lowest BCUT2D eigenvalue weighted by Crippen LogP contribution is -2.23. The van der Waals surface area contributed by atoms with Gasteiger partial charge in [0, 0.05) is 11.8 Å². The number of nitrogens with zero attached hydrogens (tertiary/aromatic N) is 1. The van der Waals surface area contributed by atoms with E-state index in [1.807, 2.05) is 11.8 Å². The Labute approximate surface area is 66.3 Å². The maximum absolute atomic E-state index is 5.14. The largest absolute Gasteiger partial charge is 0.370 e. The lowest BCUT2D eigenvalue weighted by Gasteiger charge is -2.03. The van der Waals surface area contributed by atoms with E-state index in [0.29, 0.717) is 5.25 Å². The van der Waals surface area contributed by atoms with Gasteiger partial charge in [0.15, 0.2) is 5.96 Å². The summed E-state index contributed by atoms with van der Waals surface area (Å²) in [5, 5.41) is 0.642. The molecule has 1 atom stereocenters. The van der Waals surface area contributed by atoms with Gasteiger partial charge in [0.1, 0.15) is 0 Å². The summed E-state index contributed by atoms with van der Waals surface area (Å²) in [6, 6.07) is 0. The number of hydrogen-bond donors (Lipinski definition) is 2. The Morgan fingerprint density at radius 1 is 1.60 bits per heavy atom. The number of hydrogen-bond acceptors (Lipinski definition) is 2. The van der Waals surface area contributed by atoms with E-state index in [1.54, 1.807) is 0 Å². The highest BCUT2D eigenvalue weighted by molar-refractivity contribution is 7.99. The maximum Gasteiger partial charge on any atom is 0.185 e. The Morgan fingerprint density at radius 3 is 2.60 bits per heavy atom. The van der Waals surface area contributed by atoms with Gasteiger partial charge in [-0.2, -0.15) is 11.8 Å². The minimum absolute atomic E-state index is 0.188. The molecular weight excluding hydrogens is 146 g/mol. The van der Waals surface area contributed by atoms with Crippen molar-refractivity contribution in [3.63, 3.8) is 0 Å². The summed E-state index contributed by atoms with van der Waals surface area (Å²) in [6.45, 7) is 2.90. The van der Waals surface area contributed by atoms with Crippen molar-refractivity contribution in [3.8, 4) is 0 Å². The predicted octanol–water partition coefficient (Wildman–Crippen LogP) is 0.401. The minimum atomic E-state index is 0.188. The van der Waals surface area contributed by atoms with Crippen molar-refractivity contribution in [3.05, 3.63) is 0 Å². The second-order valence-corrected chi connectivity index (χ2v) is 3.42. The van der Waals surface area contributed by atoms with Crippen LogP contribution in [0.5, 0.6) is 0 Å². The Morgan fingerprint density at radius 2 is 2.20 bits per heavy atom. The second-order valence-electron chi connectivity index (χ2n) is 2.14. The van der Waals surface area contributed by atoms with Crippen molar-refractivity contribution in [1.82, 2.24) is 0 Å². The number of thioether (sulfide) groups is 1. The van der Waals surface area contributed by atoms with Crippen molar-refractivity contribution in [1.29, 1.82) is 0 Å². The minimum Gasteiger partial charge on any atom is -0.370 e. The van der Waals surface area contributed by atoms with Crippen molar-refractivity contribution >= 4 is 17.7 Å². The summed E-state index contributed by atoms with van der Waals surface area (Å²) in [5.74, 6) is 0.188. The molecule has 60 valence electrons. The molecule has 0 fully saturated rings. The Balaban J connectivity index is 3.28. The lowest BCUT2D eigenvalue weighted by molar-refractivity contribution is 0.824. The van der Waals surface area contributed by atoms with Crippen molar-refractivity contribution in [2.75, 3.05) is 12.8 Å². The van der Waals surface area contributed by atoms with Gasteiger partial charge in [-0.25, -0.2) is 0 Å². The molecule has 4 N–H and O–H groups in total. The van der Waals surface area contributed by atoms with Gasteiger partial charge < -0.3 is 11.5 Å². The van der Waals surface area contributed by atoms with E-state index in [4.69, 9.17) is 11.5 Å². The maximum atomic E-state index is 5.14. The van der Waals surface area contributed by atoms with Gasteiger partial charge in [0.05, 0.1) is 0 Å². The zero-order chi connectivity index (χ0) is 7.98. The van der Waals surface area contributed by atoms with Crippen LogP contribution >= 0.6 is 11.8 Å². The Hall–Kier alpha value is -0.380. The smallest absolute Gasteiger partial charge is 0.185 e. The third kappa shape index (κ3) is 5.75. The zero-order valence-corrected chi connectivity index (χ0v) is 7.32. The van der Waals surface area contributed by atoms with E-state index in [-0.39, 0.29) is 5.96 Å². The first-order chi connectivity index (χ1) is 4.66. The van der Waals surface area contributed by atoms with Crippen LogP contribution in [0.3, 0.4) is 0 Å². The molecule has 10 heavy (non-hydrogen) atoms. The molecule has 0 saturated heterocycles. The van der Waals surface area contributed by atoms with Crippen LogP contribution in [0.2, 0.25) is 0 Å². The molecule has 0 amide bonds. The highest BCUT2D eigenvalue weighted by atomic mass is 32.2. The van der Waals surface area contributed by atoms with Crippen LogP contribution in [0.4, 0.5) is 0 Å². The number of nitrogens with two attached hydrogens (primary N) is 2. The summed E-state index contributed by atoms with van der Waals surface area (Å²) < 4.78 is 0. The van der Waals surface area contributed by atoms with Crippen molar-refractivity contribution in [2.45, 2.75) is 18.6 Å². The SMILES string of the molecule is CSC(C)CCN=C(N)N. The van der Waals surface area contributed by atoms with Crippen LogP contribution < -0.4 is 11.5 Å².